The lowest BCUT2D eigenvalue weighted by Crippen LogP contribution is -2.33. The number of rotatable bonds is 12. The second-order valence-electron chi connectivity index (χ2n) is 20.8. The topological polar surface area (TPSA) is 154 Å². The molecule has 8 rings (SSSR count). The molecule has 0 radical (unpaired) electrons. The van der Waals surface area contributed by atoms with Gasteiger partial charge in [0.15, 0.2) is 0 Å². The molecule has 0 saturated heterocycles. The zero-order valence-electron chi connectivity index (χ0n) is 41.6. The number of ether oxygens (including phenoxy) is 2. The lowest BCUT2D eigenvalue weighted by molar-refractivity contribution is -0.141. The minimum absolute atomic E-state index is 0.0476. The smallest absolute Gasteiger partial charge is 0.306 e. The third kappa shape index (κ3) is 12.2. The van der Waals surface area contributed by atoms with E-state index >= 15 is 0 Å². The Bertz CT molecular complexity index is 2670. The third-order valence-corrected chi connectivity index (χ3v) is 14.7. The van der Waals surface area contributed by atoms with Crippen molar-refractivity contribution in [3.63, 3.8) is 0 Å². The molecule has 2 N–H and O–H groups in total. The Balaban J connectivity index is 0.000000184. The zero-order chi connectivity index (χ0) is 49.6. The van der Waals surface area contributed by atoms with E-state index < -0.39 is 5.97 Å². The molecule has 0 amide bonds. The van der Waals surface area contributed by atoms with E-state index in [1.807, 2.05) is 24.3 Å². The molecule has 6 aromatic rings. The summed E-state index contributed by atoms with van der Waals surface area (Å²) in [5, 5.41) is 27.8. The first-order valence-electron chi connectivity index (χ1n) is 23.4. The fourth-order valence-electron chi connectivity index (χ4n) is 9.50. The van der Waals surface area contributed by atoms with Crippen molar-refractivity contribution in [1.29, 1.82) is 0 Å². The number of halogens is 1. The van der Waals surface area contributed by atoms with Crippen LogP contribution in [0, 0.1) is 0 Å². The van der Waals surface area contributed by atoms with Crippen LogP contribution in [-0.2, 0) is 62.0 Å². The van der Waals surface area contributed by atoms with Crippen LogP contribution in [0.25, 0.3) is 0 Å². The highest BCUT2D eigenvalue weighted by atomic mass is 79.9. The van der Waals surface area contributed by atoms with E-state index in [2.05, 4.69) is 128 Å². The highest BCUT2D eigenvalue weighted by molar-refractivity contribution is 9.08. The number of phenols is 1. The number of carbonyl (C=O) groups excluding carboxylic acids is 1. The van der Waals surface area contributed by atoms with Gasteiger partial charge in [0, 0.05) is 19.4 Å². The number of aromatic hydroxyl groups is 1. The number of carboxylic acid groups (broad SMARTS) is 1. The highest BCUT2D eigenvalue weighted by Gasteiger charge is 2.38. The van der Waals surface area contributed by atoms with Gasteiger partial charge in [-0.05, 0) is 116 Å². The average Bonchev–Trinajstić information content (AvgIpc) is 3.94. The molecule has 2 aromatic heterocycles. The summed E-state index contributed by atoms with van der Waals surface area (Å²) in [5.74, 6) is 0.433. The van der Waals surface area contributed by atoms with Gasteiger partial charge in [-0.1, -0.05) is 132 Å². The van der Waals surface area contributed by atoms with Gasteiger partial charge in [0.2, 0.25) is 0 Å². The van der Waals surface area contributed by atoms with Crippen molar-refractivity contribution < 1.29 is 29.3 Å². The van der Waals surface area contributed by atoms with E-state index in [4.69, 9.17) is 9.47 Å². The van der Waals surface area contributed by atoms with Crippen LogP contribution >= 0.6 is 15.9 Å². The van der Waals surface area contributed by atoms with Crippen molar-refractivity contribution in [2.45, 2.75) is 139 Å². The number of esters is 1. The van der Waals surface area contributed by atoms with Gasteiger partial charge < -0.3 is 19.7 Å². The highest BCUT2D eigenvalue weighted by Crippen LogP contribution is 2.47. The second-order valence-corrected chi connectivity index (χ2v) is 21.4. The van der Waals surface area contributed by atoms with Crippen LogP contribution in [-0.4, -0.2) is 58.8 Å². The van der Waals surface area contributed by atoms with E-state index in [1.54, 1.807) is 58.9 Å². The molecule has 68 heavy (non-hydrogen) atoms. The lowest BCUT2D eigenvalue weighted by Gasteiger charge is -2.42. The quantitative estimate of drug-likeness (QED) is 0.0894. The predicted molar refractivity (Wildman–Crippen MR) is 270 cm³/mol. The van der Waals surface area contributed by atoms with Crippen LogP contribution in [0.15, 0.2) is 97.6 Å². The van der Waals surface area contributed by atoms with Gasteiger partial charge in [0.05, 0.1) is 31.8 Å². The molecule has 0 fully saturated rings. The number of carbonyl (C=O) groups is 2. The largest absolute Gasteiger partial charge is 0.508 e. The molecule has 2 aliphatic rings. The van der Waals surface area contributed by atoms with E-state index in [0.29, 0.717) is 29.1 Å². The van der Waals surface area contributed by atoms with Crippen LogP contribution in [0.3, 0.4) is 0 Å². The fraction of sp³-hybridized carbons (Fsp3) is 0.455. The Labute approximate surface area is 410 Å². The molecule has 0 spiro atoms. The van der Waals surface area contributed by atoms with Gasteiger partial charge in [-0.2, -0.15) is 10.2 Å². The van der Waals surface area contributed by atoms with E-state index in [1.165, 1.54) is 62.1 Å². The molecule has 13 heteroatoms. The molecule has 4 aromatic carbocycles. The minimum Gasteiger partial charge on any atom is -0.508 e. The predicted octanol–water partition coefficient (Wildman–Crippen LogP) is 11.5. The van der Waals surface area contributed by atoms with Crippen molar-refractivity contribution in [1.82, 2.24) is 29.5 Å². The molecular weight excluding hydrogens is 921 g/mol. The Morgan fingerprint density at radius 1 is 0.632 bits per heavy atom. The van der Waals surface area contributed by atoms with E-state index in [0.717, 1.165) is 27.8 Å². The Morgan fingerprint density at radius 2 is 1.06 bits per heavy atom. The molecule has 2 heterocycles. The molecule has 2 atom stereocenters. The molecule has 0 unspecified atom stereocenters. The molecule has 0 saturated carbocycles. The van der Waals surface area contributed by atoms with Crippen molar-refractivity contribution in [3.8, 4) is 11.5 Å². The van der Waals surface area contributed by atoms with Gasteiger partial charge in [-0.15, -0.1) is 0 Å². The minimum atomic E-state index is -0.873. The molecular formula is C55H69BrN6O6. The van der Waals surface area contributed by atoms with Gasteiger partial charge in [-0.25, -0.2) is 9.97 Å². The third-order valence-electron chi connectivity index (χ3n) is 14.1. The molecule has 362 valence electrons. The van der Waals surface area contributed by atoms with Crippen LogP contribution in [0.2, 0.25) is 0 Å². The summed E-state index contributed by atoms with van der Waals surface area (Å²) in [6, 6.07) is 28.0. The van der Waals surface area contributed by atoms with Crippen LogP contribution in [0.5, 0.6) is 11.5 Å². The number of nitrogens with zero attached hydrogens (tertiary/aromatic N) is 6. The maximum absolute atomic E-state index is 11.5. The number of phenolic OH excluding ortho intramolecular Hbond substituents is 1. The first kappa shape index (κ1) is 51.6. The summed E-state index contributed by atoms with van der Waals surface area (Å²) in [4.78, 5) is 31.4. The average molecular weight is 990 g/mol. The van der Waals surface area contributed by atoms with Crippen molar-refractivity contribution >= 4 is 27.9 Å². The van der Waals surface area contributed by atoms with Crippen molar-refractivity contribution in [2.75, 3.05) is 7.11 Å². The first-order valence-corrected chi connectivity index (χ1v) is 24.5. The Hall–Kier alpha value is -5.82. The van der Waals surface area contributed by atoms with Gasteiger partial charge in [0.1, 0.15) is 42.4 Å². The van der Waals surface area contributed by atoms with Gasteiger partial charge >= 0.3 is 11.9 Å². The molecule has 2 aliphatic carbocycles. The Morgan fingerprint density at radius 3 is 1.49 bits per heavy atom. The normalized spacial score (nSPS) is 16.8. The number of fused-ring (bicyclic) bond motifs is 2. The van der Waals surface area contributed by atoms with Crippen LogP contribution in [0.1, 0.15) is 162 Å². The number of benzene rings is 4. The maximum Gasteiger partial charge on any atom is 0.306 e. The van der Waals surface area contributed by atoms with Crippen molar-refractivity contribution in [3.05, 3.63) is 154 Å². The Kier molecular flexibility index (Phi) is 16.1. The van der Waals surface area contributed by atoms with Crippen LogP contribution < -0.4 is 4.74 Å². The summed E-state index contributed by atoms with van der Waals surface area (Å²) >= 11 is 3.55. The summed E-state index contributed by atoms with van der Waals surface area (Å²) in [5.41, 5.74) is 11.3. The summed E-state index contributed by atoms with van der Waals surface area (Å²) in [7, 11) is 4.90. The number of alkyl halides is 1. The lowest BCUT2D eigenvalue weighted by atomic mass is 9.63. The molecule has 0 bridgehead atoms. The number of hydrogen-bond donors (Lipinski definition) is 2. The van der Waals surface area contributed by atoms with E-state index in [9.17, 15) is 19.8 Å². The van der Waals surface area contributed by atoms with Crippen LogP contribution in [0.4, 0.5) is 0 Å². The van der Waals surface area contributed by atoms with Crippen molar-refractivity contribution in [2.24, 2.45) is 14.1 Å². The number of methoxy groups -OCH3 is 1. The molecule has 12 nitrogen and oxygen atoms in total. The number of carboxylic acids is 1. The van der Waals surface area contributed by atoms with Gasteiger partial charge in [-0.3, -0.25) is 19.0 Å². The number of aliphatic carboxylic acids is 1. The van der Waals surface area contributed by atoms with E-state index in [-0.39, 0.29) is 47.2 Å². The first-order chi connectivity index (χ1) is 32.0. The maximum atomic E-state index is 11.5. The van der Waals surface area contributed by atoms with Gasteiger partial charge in [0.25, 0.3) is 0 Å². The fourth-order valence-corrected chi connectivity index (χ4v) is 9.85. The summed E-state index contributed by atoms with van der Waals surface area (Å²) in [6.07, 6.45) is 7.98. The summed E-state index contributed by atoms with van der Waals surface area (Å²) in [6.45, 7) is 19.3. The second kappa shape index (κ2) is 21.2. The molecule has 0 aliphatic heterocycles. The number of aromatic nitrogens is 6. The monoisotopic (exact) mass is 988 g/mol. The zero-order valence-corrected chi connectivity index (χ0v) is 43.2. The summed E-state index contributed by atoms with van der Waals surface area (Å²) < 4.78 is 14.0. The number of hydrogen-bond acceptors (Lipinski definition) is 9. The number of aryl methyl sites for hydroxylation is 2. The standard InChI is InChI=1S/C27H33N3O3.C15H21Br.C13H15N3O3/c1-26(2)12-13-27(3,4)23-14-18(6-11-22(23)26)16-33-20-9-7-19(8-10-20)21(15-24(31)32)25-28-17-29-30(25)5;1-14(2)7-8-15(3,4)13-9-11(10-16)5-6-12(13)14;1-16-13(14-8-15-16)11(7-12(18)19-2)9-3-5-10(17)6-4-9/h6-11,14,17,21H,12-13,15-16H2,1-5H3,(H,31,32);5-6,9H,7-8,10H2,1-4H3;3-6,8,11,17H,7H2,1-2H3/t21-;;11-/m0.0/s1. The SMILES string of the molecule is CC1(C)CCC(C)(C)c2cc(CBr)ccc21.COC(=O)C[C@@H](c1ccc(O)cc1)c1ncnn1C.Cn1ncnc1[C@@H](CC(=O)O)c1ccc(OCc2ccc3c(c2)C(C)(C)CCC3(C)C)cc1.